The largest absolute Gasteiger partial charge is 0.490 e. The second kappa shape index (κ2) is 13.6. The van der Waals surface area contributed by atoms with Gasteiger partial charge in [-0.3, -0.25) is 28.2 Å². The van der Waals surface area contributed by atoms with Crippen molar-refractivity contribution in [2.45, 2.75) is 78.0 Å². The molecule has 0 saturated carbocycles. The van der Waals surface area contributed by atoms with Crippen LogP contribution < -0.4 is 11.2 Å². The quantitative estimate of drug-likeness (QED) is 0.136. The van der Waals surface area contributed by atoms with Gasteiger partial charge in [-0.15, -0.1) is 0 Å². The van der Waals surface area contributed by atoms with Crippen LogP contribution in [-0.4, -0.2) is 72.4 Å². The molecule has 230 valence electrons. The zero-order valence-electron chi connectivity index (χ0n) is 21.8. The van der Waals surface area contributed by atoms with Gasteiger partial charge in [-0.05, 0) is 27.7 Å². The number of carbonyl (C=O) groups is 1. The molecule has 2 heterocycles. The van der Waals surface area contributed by atoms with Crippen molar-refractivity contribution in [3.05, 3.63) is 32.6 Å². The molecule has 19 nitrogen and oxygen atoms in total. The average molecular weight is 640 g/mol. The smallest absolute Gasteiger partial charge is 0.455 e. The van der Waals surface area contributed by atoms with Gasteiger partial charge in [0, 0.05) is 13.1 Å². The van der Waals surface area contributed by atoms with Crippen LogP contribution in [0, 0.1) is 0 Å². The first-order valence-corrected chi connectivity index (χ1v) is 15.9. The highest BCUT2D eigenvalue weighted by atomic mass is 31.3. The predicted molar refractivity (Wildman–Crippen MR) is 131 cm³/mol. The number of phosphoric ester groups is 2. The molecule has 2 rings (SSSR count). The minimum Gasteiger partial charge on any atom is -0.455 e. The summed E-state index contributed by atoms with van der Waals surface area (Å²) in [4.78, 5) is 67.4. The summed E-state index contributed by atoms with van der Waals surface area (Å²) in [6, 6.07) is 0. The van der Waals surface area contributed by atoms with Crippen LogP contribution >= 0.6 is 23.5 Å². The number of nitrogens with one attached hydrogen (secondary N) is 1. The molecule has 0 aliphatic carbocycles. The van der Waals surface area contributed by atoms with E-state index >= 15 is 0 Å². The van der Waals surface area contributed by atoms with E-state index < -0.39 is 90.6 Å². The molecule has 0 amide bonds. The van der Waals surface area contributed by atoms with Gasteiger partial charge in [0.15, 0.2) is 12.3 Å². The van der Waals surface area contributed by atoms with Crippen LogP contribution in [0.25, 0.3) is 0 Å². The van der Waals surface area contributed by atoms with Crippen molar-refractivity contribution in [3.8, 4) is 0 Å². The van der Waals surface area contributed by atoms with E-state index in [0.29, 0.717) is 0 Å². The molecule has 0 aromatic carbocycles. The molecule has 1 saturated heterocycles. The molecular formula is C18H31N2O17P3. The topological polar surface area (TPSA) is 269 Å². The van der Waals surface area contributed by atoms with Gasteiger partial charge in [0.25, 0.3) is 5.56 Å². The van der Waals surface area contributed by atoms with Gasteiger partial charge >= 0.3 is 35.1 Å². The van der Waals surface area contributed by atoms with Crippen LogP contribution in [0.4, 0.5) is 0 Å². The molecule has 1 aromatic rings. The van der Waals surface area contributed by atoms with Gasteiger partial charge in [0.05, 0.1) is 31.0 Å². The van der Waals surface area contributed by atoms with Crippen LogP contribution in [0.3, 0.4) is 0 Å². The molecule has 1 aromatic heterocycles. The molecule has 22 heteroatoms. The Morgan fingerprint density at radius 2 is 1.62 bits per heavy atom. The van der Waals surface area contributed by atoms with Crippen molar-refractivity contribution < 1.29 is 70.2 Å². The SMILES string of the molecule is CC(=O)O[C@H]1C(OC(C)C)[C@@H](COP(=O)(O)OP(=O)(O)OP(=O)(O)OC(C)C)O[C@H]1n1cc(CO)c(=O)[nH]c1=O. The molecule has 0 radical (unpaired) electrons. The molecule has 0 bridgehead atoms. The number of esters is 1. The van der Waals surface area contributed by atoms with Gasteiger partial charge in [-0.25, -0.2) is 18.5 Å². The van der Waals surface area contributed by atoms with Crippen molar-refractivity contribution in [2.24, 2.45) is 0 Å². The highest BCUT2D eigenvalue weighted by Crippen LogP contribution is 2.68. The molecule has 40 heavy (non-hydrogen) atoms. The van der Waals surface area contributed by atoms with E-state index in [0.717, 1.165) is 17.7 Å². The summed E-state index contributed by atoms with van der Waals surface area (Å²) < 4.78 is 70.9. The van der Waals surface area contributed by atoms with Gasteiger partial charge < -0.3 is 34.0 Å². The van der Waals surface area contributed by atoms with E-state index in [2.05, 4.69) is 13.1 Å². The highest BCUT2D eigenvalue weighted by Gasteiger charge is 2.51. The summed E-state index contributed by atoms with van der Waals surface area (Å²) in [6.45, 7) is 5.08. The fraction of sp³-hybridized carbons (Fsp3) is 0.722. The van der Waals surface area contributed by atoms with Gasteiger partial charge in [0.1, 0.15) is 12.2 Å². The van der Waals surface area contributed by atoms with E-state index in [1.54, 1.807) is 13.8 Å². The molecule has 5 N–H and O–H groups in total. The molecule has 4 unspecified atom stereocenters. The van der Waals surface area contributed by atoms with Gasteiger partial charge in [0.2, 0.25) is 0 Å². The monoisotopic (exact) mass is 640 g/mol. The van der Waals surface area contributed by atoms with Crippen LogP contribution in [0.2, 0.25) is 0 Å². The lowest BCUT2D eigenvalue weighted by Gasteiger charge is -2.26. The Kier molecular flexibility index (Phi) is 11.8. The Morgan fingerprint density at radius 3 is 2.15 bits per heavy atom. The number of nitrogens with zero attached hydrogens (tertiary/aromatic N) is 1. The number of aromatic amines is 1. The summed E-state index contributed by atoms with van der Waals surface area (Å²) in [5.41, 5.74) is -2.16. The lowest BCUT2D eigenvalue weighted by molar-refractivity contribution is -0.159. The van der Waals surface area contributed by atoms with Crippen molar-refractivity contribution in [3.63, 3.8) is 0 Å². The minimum absolute atomic E-state index is 0.250. The Bertz CT molecular complexity index is 1310. The summed E-state index contributed by atoms with van der Waals surface area (Å²) in [7, 11) is -16.5. The number of hydrogen-bond acceptors (Lipinski definition) is 14. The third-order valence-corrected chi connectivity index (χ3v) is 9.13. The van der Waals surface area contributed by atoms with E-state index in [-0.39, 0.29) is 5.56 Å². The standard InChI is InChI=1S/C18H31N2O17P3/c1-9(2)32-14-13(8-31-38(25,26)36-40(29,30)37-39(27,28)35-10(3)4)34-17(15(14)33-11(5)22)20-6-12(7-21)16(23)19-18(20)24/h6,9-10,13-15,17,21H,7-8H2,1-5H3,(H,25,26)(H,27,28)(H,29,30)(H,19,23,24)/t13-,14?,15+,17-/m1/s1. The Balaban J connectivity index is 2.34. The predicted octanol–water partition coefficient (Wildman–Crippen LogP) is 0.428. The maximum absolute atomic E-state index is 12.5. The maximum atomic E-state index is 12.5. The average Bonchev–Trinajstić information content (AvgIpc) is 3.05. The minimum atomic E-state index is -5.72. The van der Waals surface area contributed by atoms with Crippen molar-refractivity contribution in [1.82, 2.24) is 9.55 Å². The lowest BCUT2D eigenvalue weighted by Crippen LogP contribution is -2.43. The Labute approximate surface area is 226 Å². The molecular weight excluding hydrogens is 609 g/mol. The second-order valence-corrected chi connectivity index (χ2v) is 13.4. The van der Waals surface area contributed by atoms with Crippen LogP contribution in [0.15, 0.2) is 15.8 Å². The van der Waals surface area contributed by atoms with Gasteiger partial charge in [-0.2, -0.15) is 8.62 Å². The first-order chi connectivity index (χ1) is 18.3. The number of aliphatic hydroxyl groups excluding tert-OH is 1. The number of phosphoric acid groups is 3. The highest BCUT2D eigenvalue weighted by molar-refractivity contribution is 7.66. The Morgan fingerprint density at radius 1 is 1.02 bits per heavy atom. The molecule has 1 aliphatic rings. The molecule has 1 fully saturated rings. The summed E-state index contributed by atoms with van der Waals surface area (Å²) in [6.07, 6.45) is -6.21. The van der Waals surface area contributed by atoms with Crippen LogP contribution in [0.5, 0.6) is 0 Å². The fourth-order valence-electron chi connectivity index (χ4n) is 3.44. The lowest BCUT2D eigenvalue weighted by atomic mass is 10.1. The second-order valence-electron chi connectivity index (χ2n) is 8.79. The van der Waals surface area contributed by atoms with E-state index in [1.165, 1.54) is 13.8 Å². The van der Waals surface area contributed by atoms with Gasteiger partial charge in [-0.1, -0.05) is 0 Å². The summed E-state index contributed by atoms with van der Waals surface area (Å²) in [5, 5.41) is 9.42. The number of H-pyrrole nitrogens is 1. The third-order valence-electron chi connectivity index (χ3n) is 4.66. The van der Waals surface area contributed by atoms with E-state index in [4.69, 9.17) is 18.7 Å². The normalized spacial score (nSPS) is 25.9. The zero-order chi connectivity index (χ0) is 30.6. The summed E-state index contributed by atoms with van der Waals surface area (Å²) in [5.74, 6) is -0.844. The first-order valence-electron chi connectivity index (χ1n) is 11.4. The van der Waals surface area contributed by atoms with Crippen molar-refractivity contribution in [1.29, 1.82) is 0 Å². The maximum Gasteiger partial charge on any atom is 0.490 e. The zero-order valence-corrected chi connectivity index (χ0v) is 24.5. The number of ether oxygens (including phenoxy) is 3. The first kappa shape index (κ1) is 34.6. The van der Waals surface area contributed by atoms with Crippen molar-refractivity contribution >= 4 is 29.4 Å². The summed E-state index contributed by atoms with van der Waals surface area (Å²) >= 11 is 0. The number of rotatable bonds is 14. The van der Waals surface area contributed by atoms with Crippen molar-refractivity contribution in [2.75, 3.05) is 6.61 Å². The van der Waals surface area contributed by atoms with E-state index in [9.17, 15) is 47.9 Å². The fourth-order valence-corrected chi connectivity index (χ4v) is 7.13. The molecule has 7 atom stereocenters. The number of aromatic nitrogens is 2. The molecule has 1 aliphatic heterocycles. The molecule has 0 spiro atoms. The Hall–Kier alpha value is -1.56. The number of carbonyl (C=O) groups excluding carboxylic acids is 1. The van der Waals surface area contributed by atoms with E-state index in [1.807, 2.05) is 4.98 Å². The van der Waals surface area contributed by atoms with Crippen LogP contribution in [-0.2, 0) is 57.0 Å². The van der Waals surface area contributed by atoms with Crippen LogP contribution in [0.1, 0.15) is 46.4 Å². The third kappa shape index (κ3) is 10.1. The number of aliphatic hydroxyl groups is 1. The number of hydrogen-bond donors (Lipinski definition) is 5.